The largest absolute Gasteiger partial charge is 0.545 e. The normalized spacial score (nSPS) is 15.7. The molecule has 0 N–H and O–H groups in total. The van der Waals surface area contributed by atoms with Crippen molar-refractivity contribution in [3.63, 3.8) is 0 Å². The minimum Gasteiger partial charge on any atom is -0.545 e. The molecule has 0 spiro atoms. The van der Waals surface area contributed by atoms with E-state index in [1.807, 2.05) is 0 Å². The number of piperidine rings is 1. The summed E-state index contributed by atoms with van der Waals surface area (Å²) in [5.74, 6) is -2.76. The summed E-state index contributed by atoms with van der Waals surface area (Å²) >= 11 is 0. The highest BCUT2D eigenvalue weighted by Gasteiger charge is 2.26. The highest BCUT2D eigenvalue weighted by Crippen LogP contribution is 2.18. The fourth-order valence-electron chi connectivity index (χ4n) is 2.38. The second-order valence-corrected chi connectivity index (χ2v) is 6.94. The SMILES string of the molecule is O=C([O-])c1ccccc1S(=O)(=O)CC(=O)N1CCCCC1. The second-order valence-electron chi connectivity index (χ2n) is 4.98. The van der Waals surface area contributed by atoms with E-state index in [2.05, 4.69) is 0 Å². The number of hydrogen-bond donors (Lipinski definition) is 0. The van der Waals surface area contributed by atoms with Gasteiger partial charge < -0.3 is 14.8 Å². The number of likely N-dealkylation sites (tertiary alicyclic amines) is 1. The number of carbonyl (C=O) groups excluding carboxylic acids is 2. The van der Waals surface area contributed by atoms with Crippen molar-refractivity contribution in [1.29, 1.82) is 0 Å². The number of amides is 1. The van der Waals surface area contributed by atoms with E-state index in [4.69, 9.17) is 0 Å². The average molecular weight is 310 g/mol. The number of rotatable bonds is 4. The predicted molar refractivity (Wildman–Crippen MR) is 73.3 cm³/mol. The molecule has 0 radical (unpaired) electrons. The zero-order chi connectivity index (χ0) is 15.5. The summed E-state index contributed by atoms with van der Waals surface area (Å²) in [4.78, 5) is 24.2. The molecule has 0 saturated carbocycles. The second kappa shape index (κ2) is 6.26. The van der Waals surface area contributed by atoms with E-state index < -0.39 is 33.0 Å². The van der Waals surface area contributed by atoms with Crippen molar-refractivity contribution in [3.8, 4) is 0 Å². The van der Waals surface area contributed by atoms with Crippen LogP contribution in [0.2, 0.25) is 0 Å². The Morgan fingerprint density at radius 3 is 2.33 bits per heavy atom. The number of aromatic carboxylic acids is 1. The molecule has 1 aromatic rings. The van der Waals surface area contributed by atoms with Crippen LogP contribution >= 0.6 is 0 Å². The van der Waals surface area contributed by atoms with Gasteiger partial charge in [-0.1, -0.05) is 18.2 Å². The Hall–Kier alpha value is -1.89. The molecule has 2 rings (SSSR count). The smallest absolute Gasteiger partial charge is 0.238 e. The third kappa shape index (κ3) is 3.60. The summed E-state index contributed by atoms with van der Waals surface area (Å²) < 4.78 is 24.5. The van der Waals surface area contributed by atoms with Crippen LogP contribution in [0.1, 0.15) is 29.6 Å². The van der Waals surface area contributed by atoms with Crippen molar-refractivity contribution in [2.24, 2.45) is 0 Å². The van der Waals surface area contributed by atoms with E-state index in [1.54, 1.807) is 0 Å². The van der Waals surface area contributed by atoms with E-state index >= 15 is 0 Å². The van der Waals surface area contributed by atoms with Gasteiger partial charge in [0, 0.05) is 18.7 Å². The molecule has 1 saturated heterocycles. The molecule has 0 aliphatic carbocycles. The maximum atomic E-state index is 12.3. The Balaban J connectivity index is 2.22. The first-order valence-corrected chi connectivity index (χ1v) is 8.38. The van der Waals surface area contributed by atoms with Crippen LogP contribution in [0.5, 0.6) is 0 Å². The maximum Gasteiger partial charge on any atom is 0.238 e. The van der Waals surface area contributed by atoms with Crippen molar-refractivity contribution < 1.29 is 23.1 Å². The van der Waals surface area contributed by atoms with Crippen LogP contribution in [0.3, 0.4) is 0 Å². The number of hydrogen-bond acceptors (Lipinski definition) is 5. The van der Waals surface area contributed by atoms with Crippen molar-refractivity contribution in [2.45, 2.75) is 24.2 Å². The zero-order valence-corrected chi connectivity index (χ0v) is 12.3. The lowest BCUT2D eigenvalue weighted by molar-refractivity contribution is -0.255. The number of nitrogens with zero attached hydrogens (tertiary/aromatic N) is 1. The Kier molecular flexibility index (Phi) is 4.62. The van der Waals surface area contributed by atoms with E-state index in [0.717, 1.165) is 25.3 Å². The van der Waals surface area contributed by atoms with Gasteiger partial charge in [0.2, 0.25) is 5.91 Å². The molecule has 0 unspecified atom stereocenters. The monoisotopic (exact) mass is 310 g/mol. The van der Waals surface area contributed by atoms with Crippen LogP contribution in [0, 0.1) is 0 Å². The van der Waals surface area contributed by atoms with Gasteiger partial charge in [0.25, 0.3) is 0 Å². The number of carboxylic acid groups (broad SMARTS) is 1. The first kappa shape index (κ1) is 15.5. The van der Waals surface area contributed by atoms with E-state index in [-0.39, 0.29) is 4.90 Å². The molecule has 0 aromatic heterocycles. The molecule has 1 aromatic carbocycles. The highest BCUT2D eigenvalue weighted by atomic mass is 32.2. The Morgan fingerprint density at radius 2 is 1.71 bits per heavy atom. The van der Waals surface area contributed by atoms with Gasteiger partial charge >= 0.3 is 0 Å². The van der Waals surface area contributed by atoms with Crippen molar-refractivity contribution in [1.82, 2.24) is 4.90 Å². The van der Waals surface area contributed by atoms with Crippen molar-refractivity contribution in [2.75, 3.05) is 18.8 Å². The molecule has 1 fully saturated rings. The Morgan fingerprint density at radius 1 is 1.10 bits per heavy atom. The standard InChI is InChI=1S/C14H17NO5S/c16-13(15-8-4-1-5-9-15)10-21(19,20)12-7-3-2-6-11(12)14(17)18/h2-3,6-7H,1,4-5,8-10H2,(H,17,18)/p-1. The fourth-order valence-corrected chi connectivity index (χ4v) is 3.82. The van der Waals surface area contributed by atoms with E-state index in [9.17, 15) is 23.1 Å². The van der Waals surface area contributed by atoms with Gasteiger partial charge in [0.1, 0.15) is 5.75 Å². The molecular weight excluding hydrogens is 294 g/mol. The molecule has 0 atom stereocenters. The summed E-state index contributed by atoms with van der Waals surface area (Å²) in [6, 6.07) is 5.18. The van der Waals surface area contributed by atoms with Gasteiger partial charge in [0.15, 0.2) is 9.84 Å². The minimum absolute atomic E-state index is 0.365. The first-order chi connectivity index (χ1) is 9.92. The topological polar surface area (TPSA) is 94.6 Å². The highest BCUT2D eigenvalue weighted by molar-refractivity contribution is 7.92. The molecule has 1 aliphatic rings. The van der Waals surface area contributed by atoms with Crippen LogP contribution < -0.4 is 5.11 Å². The van der Waals surface area contributed by atoms with Gasteiger partial charge in [-0.25, -0.2) is 8.42 Å². The first-order valence-electron chi connectivity index (χ1n) is 6.73. The van der Waals surface area contributed by atoms with Crippen LogP contribution in [0.25, 0.3) is 0 Å². The van der Waals surface area contributed by atoms with Crippen LogP contribution in [0.15, 0.2) is 29.2 Å². The lowest BCUT2D eigenvalue weighted by Crippen LogP contribution is -2.39. The molecule has 1 heterocycles. The molecule has 114 valence electrons. The van der Waals surface area contributed by atoms with Crippen molar-refractivity contribution >= 4 is 21.7 Å². The van der Waals surface area contributed by atoms with E-state index in [1.165, 1.54) is 23.1 Å². The fraction of sp³-hybridized carbons (Fsp3) is 0.429. The summed E-state index contributed by atoms with van der Waals surface area (Å²) in [6.07, 6.45) is 2.76. The molecule has 0 bridgehead atoms. The van der Waals surface area contributed by atoms with Gasteiger partial charge in [-0.15, -0.1) is 0 Å². The van der Waals surface area contributed by atoms with Gasteiger partial charge in [-0.3, -0.25) is 4.79 Å². The third-order valence-electron chi connectivity index (χ3n) is 3.46. The number of sulfone groups is 1. The van der Waals surface area contributed by atoms with Crippen LogP contribution in [-0.4, -0.2) is 44.0 Å². The average Bonchev–Trinajstić information content (AvgIpc) is 2.47. The predicted octanol–water partition coefficient (Wildman–Crippen LogP) is -0.164. The third-order valence-corrected chi connectivity index (χ3v) is 5.12. The number of carboxylic acids is 1. The minimum atomic E-state index is -4.00. The number of benzene rings is 1. The van der Waals surface area contributed by atoms with Crippen LogP contribution in [-0.2, 0) is 14.6 Å². The number of carbonyl (C=O) groups is 2. The van der Waals surface area contributed by atoms with E-state index in [0.29, 0.717) is 13.1 Å². The summed E-state index contributed by atoms with van der Waals surface area (Å²) in [5.41, 5.74) is -0.413. The molecule has 1 aliphatic heterocycles. The summed E-state index contributed by atoms with van der Waals surface area (Å²) in [5, 5.41) is 11.0. The molecule has 1 amide bonds. The van der Waals surface area contributed by atoms with Gasteiger partial charge in [-0.2, -0.15) is 0 Å². The molecular formula is C14H16NO5S-. The summed E-state index contributed by atoms with van der Waals surface area (Å²) in [7, 11) is -4.00. The Labute approximate surface area is 123 Å². The maximum absolute atomic E-state index is 12.3. The molecule has 21 heavy (non-hydrogen) atoms. The van der Waals surface area contributed by atoms with Crippen molar-refractivity contribution in [3.05, 3.63) is 29.8 Å². The Bertz CT molecular complexity index is 647. The summed E-state index contributed by atoms with van der Waals surface area (Å²) in [6.45, 7) is 1.10. The quantitative estimate of drug-likeness (QED) is 0.770. The molecule has 6 nitrogen and oxygen atoms in total. The lowest BCUT2D eigenvalue weighted by atomic mass is 10.1. The molecule has 7 heteroatoms. The van der Waals surface area contributed by atoms with Crippen LogP contribution in [0.4, 0.5) is 0 Å². The van der Waals surface area contributed by atoms with Gasteiger partial charge in [-0.05, 0) is 25.3 Å². The lowest BCUT2D eigenvalue weighted by Gasteiger charge is -2.26. The zero-order valence-electron chi connectivity index (χ0n) is 11.4. The van der Waals surface area contributed by atoms with Gasteiger partial charge in [0.05, 0.1) is 10.9 Å².